The van der Waals surface area contributed by atoms with E-state index in [0.29, 0.717) is 11.5 Å². The number of benzene rings is 3. The second-order valence-electron chi connectivity index (χ2n) is 7.82. The fourth-order valence-corrected chi connectivity index (χ4v) is 3.85. The van der Waals surface area contributed by atoms with Gasteiger partial charge in [-0.25, -0.2) is 4.98 Å². The van der Waals surface area contributed by atoms with Crippen LogP contribution in [0.2, 0.25) is 0 Å². The third-order valence-electron chi connectivity index (χ3n) is 5.16. The number of amides is 1. The van der Waals surface area contributed by atoms with E-state index >= 15 is 0 Å². The van der Waals surface area contributed by atoms with Crippen molar-refractivity contribution in [2.24, 2.45) is 0 Å². The zero-order valence-electron chi connectivity index (χ0n) is 17.2. The van der Waals surface area contributed by atoms with Crippen molar-refractivity contribution >= 4 is 38.4 Å². The van der Waals surface area contributed by atoms with Gasteiger partial charge in [-0.2, -0.15) is 0 Å². The third kappa shape index (κ3) is 4.29. The molecule has 3 nitrogen and oxygen atoms in total. The fourth-order valence-electron chi connectivity index (χ4n) is 3.49. The monoisotopic (exact) mass is 458 g/mol. The molecule has 1 amide bonds. The van der Waals surface area contributed by atoms with Gasteiger partial charge in [0, 0.05) is 21.1 Å². The minimum Gasteiger partial charge on any atom is -0.322 e. The molecule has 0 saturated carbocycles. The molecule has 1 heterocycles. The lowest BCUT2D eigenvalue weighted by Crippen LogP contribution is -2.13. The molecule has 0 spiro atoms. The highest BCUT2D eigenvalue weighted by atomic mass is 79.9. The molecule has 150 valence electrons. The standard InChI is InChI=1S/C26H23BrN2O/c1-16(2)18-7-10-21(11-8-18)28-26(30)23-15-25(19-6-4-5-17(3)13-19)29-24-12-9-20(27)14-22(23)24/h4-16H,1-3H3,(H,28,30). The molecule has 4 aromatic rings. The molecule has 1 aromatic heterocycles. The predicted molar refractivity (Wildman–Crippen MR) is 128 cm³/mol. The summed E-state index contributed by atoms with van der Waals surface area (Å²) in [4.78, 5) is 18.1. The molecule has 4 rings (SSSR count). The van der Waals surface area contributed by atoms with Gasteiger partial charge in [-0.3, -0.25) is 4.79 Å². The van der Waals surface area contributed by atoms with Crippen molar-refractivity contribution in [2.45, 2.75) is 26.7 Å². The van der Waals surface area contributed by atoms with Gasteiger partial charge < -0.3 is 5.32 Å². The lowest BCUT2D eigenvalue weighted by molar-refractivity contribution is 0.102. The molecule has 0 aliphatic rings. The number of hydrogen-bond donors (Lipinski definition) is 1. The molecule has 0 saturated heterocycles. The predicted octanol–water partition coefficient (Wildman–Crippen LogP) is 7.35. The van der Waals surface area contributed by atoms with E-state index in [0.717, 1.165) is 37.9 Å². The van der Waals surface area contributed by atoms with Crippen LogP contribution < -0.4 is 5.32 Å². The van der Waals surface area contributed by atoms with Crippen molar-refractivity contribution in [1.82, 2.24) is 4.98 Å². The van der Waals surface area contributed by atoms with E-state index in [-0.39, 0.29) is 5.91 Å². The Morgan fingerprint density at radius 1 is 0.967 bits per heavy atom. The average Bonchev–Trinajstić information content (AvgIpc) is 2.73. The molecule has 0 bridgehead atoms. The molecular weight excluding hydrogens is 436 g/mol. The Hall–Kier alpha value is -2.98. The summed E-state index contributed by atoms with van der Waals surface area (Å²) >= 11 is 3.52. The summed E-state index contributed by atoms with van der Waals surface area (Å²) < 4.78 is 0.912. The summed E-state index contributed by atoms with van der Waals surface area (Å²) in [7, 11) is 0. The van der Waals surface area contributed by atoms with Crippen molar-refractivity contribution in [3.05, 3.63) is 94.0 Å². The number of fused-ring (bicyclic) bond motifs is 1. The van der Waals surface area contributed by atoms with Crippen LogP contribution in [0.3, 0.4) is 0 Å². The number of hydrogen-bond acceptors (Lipinski definition) is 2. The summed E-state index contributed by atoms with van der Waals surface area (Å²) in [5.74, 6) is 0.305. The Morgan fingerprint density at radius 3 is 2.43 bits per heavy atom. The van der Waals surface area contributed by atoms with Gasteiger partial charge in [0.25, 0.3) is 5.91 Å². The maximum Gasteiger partial charge on any atom is 0.256 e. The lowest BCUT2D eigenvalue weighted by Gasteiger charge is -2.12. The first kappa shape index (κ1) is 20.3. The Balaban J connectivity index is 1.77. The van der Waals surface area contributed by atoms with Gasteiger partial charge in [0.05, 0.1) is 16.8 Å². The summed E-state index contributed by atoms with van der Waals surface area (Å²) in [6, 6.07) is 23.9. The van der Waals surface area contributed by atoms with Crippen LogP contribution in [0.25, 0.3) is 22.2 Å². The Morgan fingerprint density at radius 2 is 1.73 bits per heavy atom. The average molecular weight is 459 g/mol. The van der Waals surface area contributed by atoms with Crippen molar-refractivity contribution in [1.29, 1.82) is 0 Å². The fraction of sp³-hybridized carbons (Fsp3) is 0.154. The van der Waals surface area contributed by atoms with E-state index in [4.69, 9.17) is 4.98 Å². The van der Waals surface area contributed by atoms with Gasteiger partial charge in [0.2, 0.25) is 0 Å². The number of nitrogens with one attached hydrogen (secondary N) is 1. The number of rotatable bonds is 4. The Kier molecular flexibility index (Phi) is 5.69. The highest BCUT2D eigenvalue weighted by molar-refractivity contribution is 9.10. The number of pyridine rings is 1. The highest BCUT2D eigenvalue weighted by Gasteiger charge is 2.15. The maximum absolute atomic E-state index is 13.3. The van der Waals surface area contributed by atoms with Gasteiger partial charge in [0.15, 0.2) is 0 Å². The first-order valence-electron chi connectivity index (χ1n) is 9.99. The van der Waals surface area contributed by atoms with E-state index in [9.17, 15) is 4.79 Å². The van der Waals surface area contributed by atoms with Gasteiger partial charge in [-0.15, -0.1) is 0 Å². The van der Waals surface area contributed by atoms with Crippen molar-refractivity contribution in [2.75, 3.05) is 5.32 Å². The molecule has 0 unspecified atom stereocenters. The third-order valence-corrected chi connectivity index (χ3v) is 5.66. The molecule has 1 N–H and O–H groups in total. The molecule has 0 atom stereocenters. The summed E-state index contributed by atoms with van der Waals surface area (Å²) in [6.45, 7) is 6.36. The van der Waals surface area contributed by atoms with Crippen LogP contribution in [0.1, 0.15) is 41.3 Å². The van der Waals surface area contributed by atoms with Crippen LogP contribution in [0.5, 0.6) is 0 Å². The Bertz CT molecular complexity index is 1230. The second kappa shape index (κ2) is 8.41. The number of aromatic nitrogens is 1. The number of anilines is 1. The van der Waals surface area contributed by atoms with E-state index < -0.39 is 0 Å². The van der Waals surface area contributed by atoms with Crippen LogP contribution in [-0.4, -0.2) is 10.9 Å². The molecule has 4 heteroatoms. The lowest BCUT2D eigenvalue weighted by atomic mass is 10.0. The molecule has 30 heavy (non-hydrogen) atoms. The molecule has 0 fully saturated rings. The normalized spacial score (nSPS) is 11.1. The number of nitrogens with zero attached hydrogens (tertiary/aromatic N) is 1. The van der Waals surface area contributed by atoms with Crippen LogP contribution in [0, 0.1) is 6.92 Å². The number of aryl methyl sites for hydroxylation is 1. The number of carbonyl (C=O) groups excluding carboxylic acids is 1. The molecule has 0 radical (unpaired) electrons. The van der Waals surface area contributed by atoms with Crippen LogP contribution in [0.4, 0.5) is 5.69 Å². The largest absolute Gasteiger partial charge is 0.322 e. The van der Waals surface area contributed by atoms with E-state index in [1.165, 1.54) is 5.56 Å². The molecular formula is C26H23BrN2O. The van der Waals surface area contributed by atoms with Crippen LogP contribution in [0.15, 0.2) is 77.3 Å². The van der Waals surface area contributed by atoms with Crippen LogP contribution in [-0.2, 0) is 0 Å². The van der Waals surface area contributed by atoms with E-state index in [1.54, 1.807) is 0 Å². The number of carbonyl (C=O) groups is 1. The Labute approximate surface area is 185 Å². The molecule has 3 aromatic carbocycles. The first-order chi connectivity index (χ1) is 14.4. The molecule has 0 aliphatic heterocycles. The van der Waals surface area contributed by atoms with E-state index in [1.807, 2.05) is 48.5 Å². The summed E-state index contributed by atoms with van der Waals surface area (Å²) in [6.07, 6.45) is 0. The summed E-state index contributed by atoms with van der Waals surface area (Å²) in [5, 5.41) is 3.86. The first-order valence-corrected chi connectivity index (χ1v) is 10.8. The topological polar surface area (TPSA) is 42.0 Å². The second-order valence-corrected chi connectivity index (χ2v) is 8.73. The highest BCUT2D eigenvalue weighted by Crippen LogP contribution is 2.28. The SMILES string of the molecule is Cc1cccc(-c2cc(C(=O)Nc3ccc(C(C)C)cc3)c3cc(Br)ccc3n2)c1. The minimum atomic E-state index is -0.147. The van der Waals surface area contributed by atoms with Crippen molar-refractivity contribution < 1.29 is 4.79 Å². The van der Waals surface area contributed by atoms with Crippen molar-refractivity contribution in [3.8, 4) is 11.3 Å². The maximum atomic E-state index is 13.3. The number of halogens is 1. The van der Waals surface area contributed by atoms with Gasteiger partial charge in [-0.05, 0) is 60.9 Å². The minimum absolute atomic E-state index is 0.147. The quantitative estimate of drug-likeness (QED) is 0.347. The smallest absolute Gasteiger partial charge is 0.256 e. The van der Waals surface area contributed by atoms with Crippen molar-refractivity contribution in [3.63, 3.8) is 0 Å². The van der Waals surface area contributed by atoms with Gasteiger partial charge in [-0.1, -0.05) is 65.7 Å². The molecule has 0 aliphatic carbocycles. The summed E-state index contributed by atoms with van der Waals surface area (Å²) in [5.41, 5.74) is 6.35. The zero-order chi connectivity index (χ0) is 21.3. The van der Waals surface area contributed by atoms with E-state index in [2.05, 4.69) is 66.3 Å². The zero-order valence-corrected chi connectivity index (χ0v) is 18.8. The van der Waals surface area contributed by atoms with Gasteiger partial charge in [0.1, 0.15) is 0 Å². The van der Waals surface area contributed by atoms with Crippen LogP contribution >= 0.6 is 15.9 Å². The van der Waals surface area contributed by atoms with Gasteiger partial charge >= 0.3 is 0 Å².